The summed E-state index contributed by atoms with van der Waals surface area (Å²) in [5.74, 6) is -2.09. The van der Waals surface area contributed by atoms with Crippen molar-refractivity contribution in [3.05, 3.63) is 45.1 Å². The van der Waals surface area contributed by atoms with Crippen molar-refractivity contribution in [3.63, 3.8) is 0 Å². The number of esters is 2. The lowest BCUT2D eigenvalue weighted by atomic mass is 10.0. The zero-order valence-corrected chi connectivity index (χ0v) is 17.7. The van der Waals surface area contributed by atoms with E-state index in [0.29, 0.717) is 29.4 Å². The van der Waals surface area contributed by atoms with E-state index >= 15 is 4.39 Å². The van der Waals surface area contributed by atoms with Crippen LogP contribution >= 0.6 is 0 Å². The van der Waals surface area contributed by atoms with E-state index in [0.717, 1.165) is 38.3 Å². The number of aromatic nitrogens is 1. The first-order chi connectivity index (χ1) is 14.2. The zero-order chi connectivity index (χ0) is 21.7. The van der Waals surface area contributed by atoms with Gasteiger partial charge in [-0.3, -0.25) is 14.0 Å². The fourth-order valence-corrected chi connectivity index (χ4v) is 4.43. The quantitative estimate of drug-likeness (QED) is 0.564. The molecule has 1 atom stereocenters. The number of carbonyl (C=O) groups excluding carboxylic acids is 2. The molecule has 8 heteroatoms. The number of anilines is 1. The van der Waals surface area contributed by atoms with Crippen molar-refractivity contribution >= 4 is 23.1 Å². The molecule has 0 amide bonds. The third-order valence-corrected chi connectivity index (χ3v) is 6.13. The van der Waals surface area contributed by atoms with Crippen molar-refractivity contribution in [2.45, 2.75) is 45.1 Å². The van der Waals surface area contributed by atoms with E-state index in [1.807, 2.05) is 25.9 Å². The summed E-state index contributed by atoms with van der Waals surface area (Å²) in [5, 5.41) is 0. The maximum atomic E-state index is 15.2. The Hall–Kier alpha value is -2.74. The van der Waals surface area contributed by atoms with Crippen LogP contribution in [0.25, 0.3) is 5.52 Å². The van der Waals surface area contributed by atoms with Gasteiger partial charge < -0.3 is 14.5 Å². The molecular formula is C22H26FN3O4. The molecule has 7 nitrogen and oxygen atoms in total. The van der Waals surface area contributed by atoms with Crippen LogP contribution in [-0.4, -0.2) is 54.5 Å². The summed E-state index contributed by atoms with van der Waals surface area (Å²) in [7, 11) is 4.04. The van der Waals surface area contributed by atoms with Gasteiger partial charge in [0.25, 0.3) is 5.56 Å². The molecule has 1 aliphatic heterocycles. The molecule has 0 radical (unpaired) electrons. The monoisotopic (exact) mass is 415 g/mol. The van der Waals surface area contributed by atoms with Gasteiger partial charge in [-0.05, 0) is 63.4 Å². The van der Waals surface area contributed by atoms with Crippen molar-refractivity contribution in [1.29, 1.82) is 0 Å². The van der Waals surface area contributed by atoms with E-state index in [1.54, 1.807) is 0 Å². The minimum Gasteiger partial charge on any atom is -0.389 e. The molecule has 1 saturated heterocycles. The van der Waals surface area contributed by atoms with Crippen LogP contribution in [0.1, 0.15) is 53.6 Å². The summed E-state index contributed by atoms with van der Waals surface area (Å²) in [6.07, 6.45) is 3.98. The molecule has 160 valence electrons. The largest absolute Gasteiger partial charge is 0.389 e. The topological polar surface area (TPSA) is 71.3 Å². The van der Waals surface area contributed by atoms with Crippen molar-refractivity contribution in [2.75, 3.05) is 32.1 Å². The number of hydrogen-bond acceptors (Lipinski definition) is 6. The molecule has 3 heterocycles. The van der Waals surface area contributed by atoms with Crippen LogP contribution in [0.2, 0.25) is 0 Å². The average molecular weight is 415 g/mol. The standard InChI is InChI=1S/C22H26FN3O4/c1-12-19-16(14-5-6-14)9-17(22(29)30-13(2)27)21(28)26(19)11-18(23)20(12)25-8-7-15(10-25)24(3)4/h9,11,14-15H,5-8,10H2,1-4H3. The summed E-state index contributed by atoms with van der Waals surface area (Å²) in [6.45, 7) is 4.39. The van der Waals surface area contributed by atoms with Gasteiger partial charge in [0.05, 0.1) is 17.4 Å². The fourth-order valence-electron chi connectivity index (χ4n) is 4.43. The first-order valence-corrected chi connectivity index (χ1v) is 10.2. The summed E-state index contributed by atoms with van der Waals surface area (Å²) in [4.78, 5) is 40.6. The van der Waals surface area contributed by atoms with Gasteiger partial charge in [-0.25, -0.2) is 9.18 Å². The van der Waals surface area contributed by atoms with Crippen LogP contribution in [0.4, 0.5) is 10.1 Å². The van der Waals surface area contributed by atoms with Gasteiger partial charge in [-0.1, -0.05) is 0 Å². The molecule has 2 aromatic rings. The number of pyridine rings is 2. The molecule has 4 rings (SSSR count). The molecule has 0 bridgehead atoms. The molecule has 30 heavy (non-hydrogen) atoms. The number of aryl methyl sites for hydroxylation is 1. The first kappa shape index (κ1) is 20.5. The number of rotatable bonds is 4. The Morgan fingerprint density at radius 3 is 2.50 bits per heavy atom. The maximum Gasteiger partial charge on any atom is 0.351 e. The van der Waals surface area contributed by atoms with Crippen LogP contribution in [0, 0.1) is 12.7 Å². The number of hydrogen-bond donors (Lipinski definition) is 0. The SMILES string of the molecule is CC(=O)OC(=O)c1cc(C2CC2)c2c(C)c(N3CCC(N(C)C)C3)c(F)cn2c1=O. The highest BCUT2D eigenvalue weighted by Gasteiger charge is 2.33. The third-order valence-electron chi connectivity index (χ3n) is 6.13. The Balaban J connectivity index is 1.89. The maximum absolute atomic E-state index is 15.2. The molecule has 0 N–H and O–H groups in total. The van der Waals surface area contributed by atoms with Crippen molar-refractivity contribution in [3.8, 4) is 0 Å². The number of likely N-dealkylation sites (N-methyl/N-ethyl adjacent to an activating group) is 1. The highest BCUT2D eigenvalue weighted by Crippen LogP contribution is 2.44. The predicted octanol–water partition coefficient (Wildman–Crippen LogP) is 2.47. The van der Waals surface area contributed by atoms with E-state index in [4.69, 9.17) is 0 Å². The number of halogens is 1. The van der Waals surface area contributed by atoms with Crippen molar-refractivity contribution < 1.29 is 18.7 Å². The zero-order valence-electron chi connectivity index (χ0n) is 17.7. The summed E-state index contributed by atoms with van der Waals surface area (Å²) < 4.78 is 21.1. The third kappa shape index (κ3) is 3.49. The number of nitrogens with zero attached hydrogens (tertiary/aromatic N) is 3. The normalized spacial score (nSPS) is 19.0. The van der Waals surface area contributed by atoms with Gasteiger partial charge in [0.15, 0.2) is 5.82 Å². The minimum atomic E-state index is -1.00. The highest BCUT2D eigenvalue weighted by molar-refractivity contribution is 5.96. The lowest BCUT2D eigenvalue weighted by molar-refractivity contribution is -0.135. The molecule has 2 fully saturated rings. The molecule has 0 spiro atoms. The van der Waals surface area contributed by atoms with Crippen LogP contribution < -0.4 is 10.5 Å². The first-order valence-electron chi connectivity index (χ1n) is 10.2. The van der Waals surface area contributed by atoms with Crippen molar-refractivity contribution in [1.82, 2.24) is 9.30 Å². The molecule has 1 unspecified atom stereocenters. The summed E-state index contributed by atoms with van der Waals surface area (Å²) >= 11 is 0. The molecule has 2 aliphatic rings. The second-order valence-electron chi connectivity index (χ2n) is 8.50. The highest BCUT2D eigenvalue weighted by atomic mass is 19.1. The number of carbonyl (C=O) groups is 2. The molecule has 0 aromatic carbocycles. The van der Waals surface area contributed by atoms with Gasteiger partial charge in [0.1, 0.15) is 5.56 Å². The lowest BCUT2D eigenvalue weighted by Crippen LogP contribution is -2.32. The Bertz CT molecular complexity index is 1100. The van der Waals surface area contributed by atoms with Crippen LogP contribution in [0.5, 0.6) is 0 Å². The van der Waals surface area contributed by atoms with E-state index in [9.17, 15) is 14.4 Å². The minimum absolute atomic E-state index is 0.203. The summed E-state index contributed by atoms with van der Waals surface area (Å²) in [6, 6.07) is 1.87. The van der Waals surface area contributed by atoms with E-state index < -0.39 is 23.3 Å². The average Bonchev–Trinajstić information content (AvgIpc) is 3.39. The van der Waals surface area contributed by atoms with E-state index in [-0.39, 0.29) is 11.5 Å². The van der Waals surface area contributed by atoms with Gasteiger partial charge in [0.2, 0.25) is 0 Å². The van der Waals surface area contributed by atoms with E-state index in [2.05, 4.69) is 9.64 Å². The van der Waals surface area contributed by atoms with Gasteiger partial charge in [-0.2, -0.15) is 0 Å². The summed E-state index contributed by atoms with van der Waals surface area (Å²) in [5.41, 5.74) is 1.75. The Kier molecular flexibility index (Phi) is 5.13. The van der Waals surface area contributed by atoms with Crippen LogP contribution in [0.3, 0.4) is 0 Å². The second kappa shape index (κ2) is 7.50. The molecular weight excluding hydrogens is 389 g/mol. The van der Waals surface area contributed by atoms with Gasteiger partial charge >= 0.3 is 11.9 Å². The Morgan fingerprint density at radius 1 is 1.23 bits per heavy atom. The predicted molar refractivity (Wildman–Crippen MR) is 111 cm³/mol. The Labute approximate surface area is 174 Å². The van der Waals surface area contributed by atoms with Crippen molar-refractivity contribution in [2.24, 2.45) is 0 Å². The van der Waals surface area contributed by atoms with Gasteiger partial charge in [0, 0.05) is 26.1 Å². The molecule has 2 aromatic heterocycles. The second-order valence-corrected chi connectivity index (χ2v) is 8.50. The smallest absolute Gasteiger partial charge is 0.351 e. The lowest BCUT2D eigenvalue weighted by Gasteiger charge is -2.25. The van der Waals surface area contributed by atoms with E-state index in [1.165, 1.54) is 16.7 Å². The van der Waals surface area contributed by atoms with Crippen LogP contribution in [-0.2, 0) is 9.53 Å². The molecule has 1 aliphatic carbocycles. The Morgan fingerprint density at radius 2 is 1.93 bits per heavy atom. The number of fused-ring (bicyclic) bond motifs is 1. The molecule has 1 saturated carbocycles. The van der Waals surface area contributed by atoms with Gasteiger partial charge in [-0.15, -0.1) is 0 Å². The van der Waals surface area contributed by atoms with Crippen LogP contribution in [0.15, 0.2) is 17.1 Å². The number of ether oxygens (including phenoxy) is 1. The fraction of sp³-hybridized carbons (Fsp3) is 0.500.